The van der Waals surface area contributed by atoms with Gasteiger partial charge < -0.3 is 10.1 Å². The zero-order chi connectivity index (χ0) is 18.4. The SMILES string of the molecule is CC(C)Oc1cccc(C(=O)Nc2ccc(CSc3ncn[nH]3)cc2)c1. The van der Waals surface area contributed by atoms with Gasteiger partial charge in [-0.05, 0) is 49.7 Å². The number of amides is 1. The molecule has 0 bridgehead atoms. The van der Waals surface area contributed by atoms with Crippen molar-refractivity contribution in [3.05, 3.63) is 66.0 Å². The van der Waals surface area contributed by atoms with Crippen LogP contribution in [0.4, 0.5) is 5.69 Å². The molecular formula is C19H20N4O2S. The van der Waals surface area contributed by atoms with E-state index in [1.54, 1.807) is 23.9 Å². The number of H-pyrrole nitrogens is 1. The molecule has 3 aromatic rings. The number of carbonyl (C=O) groups excluding carboxylic acids is 1. The third kappa shape index (κ3) is 5.10. The highest BCUT2D eigenvalue weighted by Crippen LogP contribution is 2.20. The van der Waals surface area contributed by atoms with Gasteiger partial charge in [-0.25, -0.2) is 4.98 Å². The van der Waals surface area contributed by atoms with E-state index in [9.17, 15) is 4.79 Å². The van der Waals surface area contributed by atoms with Gasteiger partial charge in [-0.15, -0.1) is 0 Å². The topological polar surface area (TPSA) is 79.9 Å². The Bertz CT molecular complexity index is 848. The van der Waals surface area contributed by atoms with Crippen LogP contribution in [0.1, 0.15) is 29.8 Å². The summed E-state index contributed by atoms with van der Waals surface area (Å²) in [6, 6.07) is 14.9. The lowest BCUT2D eigenvalue weighted by atomic mass is 10.2. The molecule has 0 aliphatic rings. The van der Waals surface area contributed by atoms with Crippen molar-refractivity contribution in [2.24, 2.45) is 0 Å². The van der Waals surface area contributed by atoms with E-state index in [4.69, 9.17) is 4.74 Å². The van der Waals surface area contributed by atoms with E-state index in [1.807, 2.05) is 50.2 Å². The number of carbonyl (C=O) groups is 1. The summed E-state index contributed by atoms with van der Waals surface area (Å²) in [6.07, 6.45) is 1.55. The van der Waals surface area contributed by atoms with Crippen LogP contribution in [0.5, 0.6) is 5.75 Å². The zero-order valence-corrected chi connectivity index (χ0v) is 15.4. The molecule has 1 heterocycles. The smallest absolute Gasteiger partial charge is 0.255 e. The zero-order valence-electron chi connectivity index (χ0n) is 14.6. The predicted octanol–water partition coefficient (Wildman–Crippen LogP) is 4.14. The summed E-state index contributed by atoms with van der Waals surface area (Å²) in [5.74, 6) is 1.30. The Morgan fingerprint density at radius 2 is 2.04 bits per heavy atom. The summed E-state index contributed by atoms with van der Waals surface area (Å²) in [6.45, 7) is 3.91. The van der Waals surface area contributed by atoms with Gasteiger partial charge in [0.15, 0.2) is 5.16 Å². The van der Waals surface area contributed by atoms with Gasteiger partial charge in [0.1, 0.15) is 12.1 Å². The number of nitrogens with zero attached hydrogens (tertiary/aromatic N) is 2. The summed E-state index contributed by atoms with van der Waals surface area (Å²) in [7, 11) is 0. The maximum Gasteiger partial charge on any atom is 0.255 e. The van der Waals surface area contributed by atoms with Gasteiger partial charge in [-0.3, -0.25) is 9.89 Å². The molecule has 3 rings (SSSR count). The van der Waals surface area contributed by atoms with Gasteiger partial charge in [-0.1, -0.05) is 30.0 Å². The summed E-state index contributed by atoms with van der Waals surface area (Å²) in [4.78, 5) is 16.5. The Hall–Kier alpha value is -2.80. The van der Waals surface area contributed by atoms with Gasteiger partial charge in [0, 0.05) is 17.0 Å². The molecule has 2 aromatic carbocycles. The summed E-state index contributed by atoms with van der Waals surface area (Å²) >= 11 is 1.57. The van der Waals surface area contributed by atoms with E-state index in [2.05, 4.69) is 20.5 Å². The number of hydrogen-bond donors (Lipinski definition) is 2. The van der Waals surface area contributed by atoms with Gasteiger partial charge in [0.2, 0.25) is 0 Å². The highest BCUT2D eigenvalue weighted by molar-refractivity contribution is 7.98. The quantitative estimate of drug-likeness (QED) is 0.613. The number of nitrogens with one attached hydrogen (secondary N) is 2. The van der Waals surface area contributed by atoms with Crippen molar-refractivity contribution in [3.63, 3.8) is 0 Å². The van der Waals surface area contributed by atoms with Crippen LogP contribution in [-0.2, 0) is 5.75 Å². The van der Waals surface area contributed by atoms with Crippen molar-refractivity contribution in [3.8, 4) is 5.75 Å². The number of ether oxygens (including phenoxy) is 1. The summed E-state index contributed by atoms with van der Waals surface area (Å²) < 4.78 is 5.63. The minimum absolute atomic E-state index is 0.0654. The average molecular weight is 368 g/mol. The first-order valence-corrected chi connectivity index (χ1v) is 9.24. The van der Waals surface area contributed by atoms with Crippen molar-refractivity contribution < 1.29 is 9.53 Å². The highest BCUT2D eigenvalue weighted by atomic mass is 32.2. The van der Waals surface area contributed by atoms with Crippen LogP contribution in [-0.4, -0.2) is 27.2 Å². The molecule has 6 nitrogen and oxygen atoms in total. The fourth-order valence-corrected chi connectivity index (χ4v) is 3.02. The van der Waals surface area contributed by atoms with Gasteiger partial charge in [0.25, 0.3) is 5.91 Å². The lowest BCUT2D eigenvalue weighted by molar-refractivity contribution is 0.102. The standard InChI is InChI=1S/C19H20N4O2S/c1-13(2)25-17-5-3-4-15(10-17)18(24)22-16-8-6-14(7-9-16)11-26-19-20-12-21-23-19/h3-10,12-13H,11H2,1-2H3,(H,22,24)(H,20,21,23). The lowest BCUT2D eigenvalue weighted by Gasteiger charge is -2.11. The largest absolute Gasteiger partial charge is 0.491 e. The molecule has 0 spiro atoms. The predicted molar refractivity (Wildman–Crippen MR) is 103 cm³/mol. The van der Waals surface area contributed by atoms with Gasteiger partial charge >= 0.3 is 0 Å². The van der Waals surface area contributed by atoms with E-state index in [-0.39, 0.29) is 12.0 Å². The number of rotatable bonds is 7. The first-order chi connectivity index (χ1) is 12.6. The number of hydrogen-bond acceptors (Lipinski definition) is 5. The second kappa shape index (κ2) is 8.53. The van der Waals surface area contributed by atoms with Gasteiger partial charge in [0.05, 0.1) is 6.10 Å². The average Bonchev–Trinajstić information content (AvgIpc) is 3.14. The minimum Gasteiger partial charge on any atom is -0.491 e. The number of benzene rings is 2. The van der Waals surface area contributed by atoms with Crippen LogP contribution in [0.2, 0.25) is 0 Å². The molecule has 7 heteroatoms. The van der Waals surface area contributed by atoms with Crippen LogP contribution in [0.3, 0.4) is 0 Å². The monoisotopic (exact) mass is 368 g/mol. The summed E-state index contributed by atoms with van der Waals surface area (Å²) in [5, 5.41) is 10.3. The number of aromatic amines is 1. The third-order valence-corrected chi connectivity index (χ3v) is 4.40. The molecule has 0 fully saturated rings. The van der Waals surface area contributed by atoms with Crippen LogP contribution >= 0.6 is 11.8 Å². The maximum atomic E-state index is 12.4. The molecule has 0 aliphatic heterocycles. The van der Waals surface area contributed by atoms with E-state index in [0.29, 0.717) is 11.3 Å². The van der Waals surface area contributed by atoms with E-state index >= 15 is 0 Å². The first kappa shape index (κ1) is 18.0. The highest BCUT2D eigenvalue weighted by Gasteiger charge is 2.08. The van der Waals surface area contributed by atoms with Crippen LogP contribution < -0.4 is 10.1 Å². The van der Waals surface area contributed by atoms with E-state index in [0.717, 1.165) is 22.2 Å². The Balaban J connectivity index is 1.59. The van der Waals surface area contributed by atoms with Crippen molar-refractivity contribution in [1.29, 1.82) is 0 Å². The fraction of sp³-hybridized carbons (Fsp3) is 0.211. The number of thioether (sulfide) groups is 1. The Morgan fingerprint density at radius 3 is 2.73 bits per heavy atom. The van der Waals surface area contributed by atoms with Crippen molar-refractivity contribution >= 4 is 23.4 Å². The second-order valence-corrected chi connectivity index (χ2v) is 6.89. The second-order valence-electron chi connectivity index (χ2n) is 5.92. The first-order valence-electron chi connectivity index (χ1n) is 8.25. The number of aromatic nitrogens is 3. The molecule has 0 unspecified atom stereocenters. The molecule has 26 heavy (non-hydrogen) atoms. The lowest BCUT2D eigenvalue weighted by Crippen LogP contribution is -2.12. The van der Waals surface area contributed by atoms with Crippen molar-refractivity contribution in [1.82, 2.24) is 15.2 Å². The molecular weight excluding hydrogens is 348 g/mol. The molecule has 134 valence electrons. The molecule has 0 saturated carbocycles. The van der Waals surface area contributed by atoms with Crippen LogP contribution in [0.15, 0.2) is 60.0 Å². The summed E-state index contributed by atoms with van der Waals surface area (Å²) in [5.41, 5.74) is 2.45. The molecule has 0 atom stereocenters. The van der Waals surface area contributed by atoms with E-state index < -0.39 is 0 Å². The normalized spacial score (nSPS) is 10.7. The fourth-order valence-electron chi connectivity index (χ4n) is 2.29. The molecule has 0 saturated heterocycles. The molecule has 2 N–H and O–H groups in total. The Morgan fingerprint density at radius 1 is 1.23 bits per heavy atom. The van der Waals surface area contributed by atoms with Gasteiger partial charge in [-0.2, -0.15) is 5.10 Å². The van der Waals surface area contributed by atoms with Crippen molar-refractivity contribution in [2.75, 3.05) is 5.32 Å². The van der Waals surface area contributed by atoms with E-state index in [1.165, 1.54) is 6.33 Å². The Kier molecular flexibility index (Phi) is 5.91. The molecule has 0 radical (unpaired) electrons. The van der Waals surface area contributed by atoms with Crippen LogP contribution in [0, 0.1) is 0 Å². The molecule has 1 amide bonds. The number of anilines is 1. The van der Waals surface area contributed by atoms with Crippen molar-refractivity contribution in [2.45, 2.75) is 30.9 Å². The Labute approximate surface area is 156 Å². The minimum atomic E-state index is -0.164. The van der Waals surface area contributed by atoms with Crippen LogP contribution in [0.25, 0.3) is 0 Å². The molecule has 0 aliphatic carbocycles. The molecule has 1 aromatic heterocycles. The third-order valence-electron chi connectivity index (χ3n) is 3.45. The maximum absolute atomic E-state index is 12.4.